The largest absolute Gasteiger partial charge is 0.315 e. The predicted octanol–water partition coefficient (Wildman–Crippen LogP) is 2.01. The molecule has 0 fully saturated rings. The van der Waals surface area contributed by atoms with Gasteiger partial charge in [0.15, 0.2) is 0 Å². The predicted molar refractivity (Wildman–Crippen MR) is 55.8 cm³/mol. The van der Waals surface area contributed by atoms with Crippen LogP contribution in [0.3, 0.4) is 0 Å². The molecule has 1 aromatic carbocycles. The van der Waals surface area contributed by atoms with Crippen LogP contribution in [0.5, 0.6) is 0 Å². The number of imidazole rings is 1. The maximum atomic E-state index is 4.33. The smallest absolute Gasteiger partial charge is 0.210 e. The maximum Gasteiger partial charge on any atom is 0.210 e. The lowest BCUT2D eigenvalue weighted by molar-refractivity contribution is 0.757. The molecule has 0 radical (unpaired) electrons. The fourth-order valence-electron chi connectivity index (χ4n) is 1.99. The van der Waals surface area contributed by atoms with Gasteiger partial charge in [-0.25, -0.2) is 4.98 Å². The molecule has 3 rings (SSSR count). The summed E-state index contributed by atoms with van der Waals surface area (Å²) in [4.78, 5) is 6.45. The number of rotatable bonds is 0. The molecule has 3 heteroatoms. The van der Waals surface area contributed by atoms with Crippen molar-refractivity contribution in [2.75, 3.05) is 11.9 Å². The van der Waals surface area contributed by atoms with Crippen LogP contribution >= 0.6 is 0 Å². The Bertz CT molecular complexity index is 473. The zero-order valence-corrected chi connectivity index (χ0v) is 8.01. The molecule has 2 aromatic rings. The summed E-state index contributed by atoms with van der Waals surface area (Å²) >= 11 is 0. The molecule has 1 aliphatic heterocycles. The zero-order chi connectivity index (χ0) is 9.54. The lowest BCUT2D eigenvalue weighted by Crippen LogP contribution is -2.22. The van der Waals surface area contributed by atoms with Gasteiger partial charge in [-0.3, -0.25) is 0 Å². The first-order chi connectivity index (χ1) is 6.86. The highest BCUT2D eigenvalue weighted by Gasteiger charge is 2.18. The van der Waals surface area contributed by atoms with Crippen molar-refractivity contribution in [2.45, 2.75) is 6.54 Å². The van der Waals surface area contributed by atoms with Gasteiger partial charge in [0.1, 0.15) is 0 Å². The zero-order valence-electron chi connectivity index (χ0n) is 8.01. The maximum absolute atomic E-state index is 4.33. The van der Waals surface area contributed by atoms with E-state index in [0.29, 0.717) is 0 Å². The van der Waals surface area contributed by atoms with Crippen molar-refractivity contribution >= 4 is 11.6 Å². The Morgan fingerprint density at radius 1 is 1.29 bits per heavy atom. The van der Waals surface area contributed by atoms with Crippen molar-refractivity contribution in [2.24, 2.45) is 0 Å². The second-order valence-corrected chi connectivity index (χ2v) is 3.54. The fourth-order valence-corrected chi connectivity index (χ4v) is 1.99. The van der Waals surface area contributed by atoms with Crippen LogP contribution in [0.2, 0.25) is 0 Å². The van der Waals surface area contributed by atoms with E-state index in [4.69, 9.17) is 0 Å². The summed E-state index contributed by atoms with van der Waals surface area (Å²) in [5.74, 6) is 1.02. The average Bonchev–Trinajstić information content (AvgIpc) is 2.66. The third-order valence-corrected chi connectivity index (χ3v) is 2.69. The molecule has 0 N–H and O–H groups in total. The van der Waals surface area contributed by atoms with E-state index in [1.807, 2.05) is 12.4 Å². The van der Waals surface area contributed by atoms with Gasteiger partial charge in [0.05, 0.1) is 6.54 Å². The van der Waals surface area contributed by atoms with Crippen LogP contribution in [-0.2, 0) is 6.54 Å². The van der Waals surface area contributed by atoms with E-state index in [1.54, 1.807) is 0 Å². The molecule has 0 atom stereocenters. The van der Waals surface area contributed by atoms with Crippen LogP contribution in [0.1, 0.15) is 5.56 Å². The molecule has 0 saturated heterocycles. The highest BCUT2D eigenvalue weighted by Crippen LogP contribution is 2.31. The van der Waals surface area contributed by atoms with Gasteiger partial charge >= 0.3 is 0 Å². The van der Waals surface area contributed by atoms with E-state index in [2.05, 4.69) is 45.8 Å². The van der Waals surface area contributed by atoms with Crippen LogP contribution in [0.4, 0.5) is 11.6 Å². The van der Waals surface area contributed by atoms with E-state index in [1.165, 1.54) is 11.3 Å². The van der Waals surface area contributed by atoms with Crippen molar-refractivity contribution in [3.05, 3.63) is 42.2 Å². The minimum absolute atomic E-state index is 0.926. The number of para-hydroxylation sites is 1. The molecule has 1 aliphatic rings. The summed E-state index contributed by atoms with van der Waals surface area (Å²) in [5, 5.41) is 0. The lowest BCUT2D eigenvalue weighted by atomic mass is 10.1. The van der Waals surface area contributed by atoms with Gasteiger partial charge in [-0.2, -0.15) is 0 Å². The van der Waals surface area contributed by atoms with Gasteiger partial charge < -0.3 is 9.47 Å². The molecule has 0 amide bonds. The molecule has 0 spiro atoms. The van der Waals surface area contributed by atoms with Gasteiger partial charge in [-0.15, -0.1) is 0 Å². The second-order valence-electron chi connectivity index (χ2n) is 3.54. The molecule has 3 nitrogen and oxygen atoms in total. The Hall–Kier alpha value is -1.77. The molecular weight excluding hydrogens is 174 g/mol. The van der Waals surface area contributed by atoms with Gasteiger partial charge in [-0.05, 0) is 11.6 Å². The highest BCUT2D eigenvalue weighted by molar-refractivity contribution is 5.64. The van der Waals surface area contributed by atoms with Crippen molar-refractivity contribution in [3.63, 3.8) is 0 Å². The number of nitrogens with zero attached hydrogens (tertiary/aromatic N) is 3. The number of benzene rings is 1. The first-order valence-corrected chi connectivity index (χ1v) is 4.69. The van der Waals surface area contributed by atoms with E-state index in [0.717, 1.165) is 12.5 Å². The summed E-state index contributed by atoms with van der Waals surface area (Å²) in [7, 11) is 2.05. The fraction of sp³-hybridized carbons (Fsp3) is 0.182. The van der Waals surface area contributed by atoms with Crippen molar-refractivity contribution in [1.29, 1.82) is 0 Å². The Kier molecular flexibility index (Phi) is 1.42. The second kappa shape index (κ2) is 2.61. The van der Waals surface area contributed by atoms with E-state index >= 15 is 0 Å². The number of aromatic nitrogens is 2. The van der Waals surface area contributed by atoms with Gasteiger partial charge in [0, 0.05) is 25.1 Å². The van der Waals surface area contributed by atoms with E-state index < -0.39 is 0 Å². The average molecular weight is 185 g/mol. The first kappa shape index (κ1) is 7.62. The number of hydrogen-bond donors (Lipinski definition) is 0. The third kappa shape index (κ3) is 0.894. The molecule has 0 aliphatic carbocycles. The molecule has 70 valence electrons. The summed E-state index contributed by atoms with van der Waals surface area (Å²) in [6.45, 7) is 0.926. The molecular formula is C11H11N3. The van der Waals surface area contributed by atoms with E-state index in [9.17, 15) is 0 Å². The van der Waals surface area contributed by atoms with Crippen LogP contribution in [0.15, 0.2) is 36.7 Å². The van der Waals surface area contributed by atoms with Gasteiger partial charge in [0.2, 0.25) is 5.95 Å². The quantitative estimate of drug-likeness (QED) is 0.626. The molecule has 14 heavy (non-hydrogen) atoms. The molecule has 0 bridgehead atoms. The highest BCUT2D eigenvalue weighted by atomic mass is 15.3. The minimum atomic E-state index is 0.926. The SMILES string of the molecule is CN1c2ccccc2Cn2ccnc21. The van der Waals surface area contributed by atoms with Crippen molar-refractivity contribution < 1.29 is 0 Å². The minimum Gasteiger partial charge on any atom is -0.315 e. The first-order valence-electron chi connectivity index (χ1n) is 4.69. The normalized spacial score (nSPS) is 13.6. The van der Waals surface area contributed by atoms with E-state index in [-0.39, 0.29) is 0 Å². The molecule has 1 aromatic heterocycles. The van der Waals surface area contributed by atoms with Crippen LogP contribution in [0, 0.1) is 0 Å². The van der Waals surface area contributed by atoms with Crippen molar-refractivity contribution in [1.82, 2.24) is 9.55 Å². The number of fused-ring (bicyclic) bond motifs is 2. The Balaban J connectivity index is 2.20. The molecule has 2 heterocycles. The third-order valence-electron chi connectivity index (χ3n) is 2.69. The summed E-state index contributed by atoms with van der Waals surface area (Å²) in [5.41, 5.74) is 2.60. The summed E-state index contributed by atoms with van der Waals surface area (Å²) in [6, 6.07) is 8.44. The monoisotopic (exact) mass is 185 g/mol. The molecule has 0 saturated carbocycles. The number of hydrogen-bond acceptors (Lipinski definition) is 2. The topological polar surface area (TPSA) is 21.1 Å². The standard InChI is InChI=1S/C11H11N3/c1-13-10-5-3-2-4-9(10)8-14-7-6-12-11(13)14/h2-7H,8H2,1H3. The lowest BCUT2D eigenvalue weighted by Gasteiger charge is -2.27. The van der Waals surface area contributed by atoms with Crippen molar-refractivity contribution in [3.8, 4) is 0 Å². The van der Waals surface area contributed by atoms with Crippen LogP contribution < -0.4 is 4.90 Å². The molecule has 0 unspecified atom stereocenters. The Morgan fingerprint density at radius 2 is 2.14 bits per heavy atom. The van der Waals surface area contributed by atoms with Gasteiger partial charge in [0.25, 0.3) is 0 Å². The Morgan fingerprint density at radius 3 is 3.07 bits per heavy atom. The summed E-state index contributed by atoms with van der Waals surface area (Å²) in [6.07, 6.45) is 3.86. The number of anilines is 2. The van der Waals surface area contributed by atoms with Gasteiger partial charge in [-0.1, -0.05) is 18.2 Å². The van der Waals surface area contributed by atoms with Crippen LogP contribution in [0.25, 0.3) is 0 Å². The Labute approximate surface area is 82.6 Å². The van der Waals surface area contributed by atoms with Crippen LogP contribution in [-0.4, -0.2) is 16.6 Å². The summed E-state index contributed by atoms with van der Waals surface area (Å²) < 4.78 is 2.16.